The smallest absolute Gasteiger partial charge is 0.330 e. The molecule has 0 heterocycles. The number of rotatable bonds is 6. The second-order valence-corrected chi connectivity index (χ2v) is 4.62. The zero-order valence-corrected chi connectivity index (χ0v) is 9.24. The first kappa shape index (κ1) is 14.1. The maximum absolute atomic E-state index is 10.7. The standard InChI is InChI=1S/C7H10O6S2/c8-4(9)2-1-3(5(10)11)7(14,15)6(12)13/h3,14-15H,1-2H2,(H,8,9)(H,10,11)(H,12,13). The summed E-state index contributed by atoms with van der Waals surface area (Å²) in [5.41, 5.74) is 0. The lowest BCUT2D eigenvalue weighted by Crippen LogP contribution is -2.40. The molecular formula is C7H10O6S2. The Kier molecular flexibility index (Phi) is 4.95. The number of carbonyl (C=O) groups is 3. The highest BCUT2D eigenvalue weighted by molar-refractivity contribution is 8.02. The van der Waals surface area contributed by atoms with E-state index in [0.29, 0.717) is 0 Å². The minimum atomic E-state index is -2.08. The van der Waals surface area contributed by atoms with E-state index < -0.39 is 34.3 Å². The number of hydrogen-bond donors (Lipinski definition) is 5. The Bertz CT molecular complexity index is 287. The molecule has 0 aliphatic heterocycles. The molecule has 0 radical (unpaired) electrons. The molecule has 0 saturated heterocycles. The lowest BCUT2D eigenvalue weighted by molar-refractivity contribution is -0.149. The van der Waals surface area contributed by atoms with Gasteiger partial charge in [0.2, 0.25) is 0 Å². The fraction of sp³-hybridized carbons (Fsp3) is 0.571. The van der Waals surface area contributed by atoms with Crippen LogP contribution in [0.1, 0.15) is 12.8 Å². The average Bonchev–Trinajstić information content (AvgIpc) is 2.01. The van der Waals surface area contributed by atoms with Gasteiger partial charge in [-0.15, -0.1) is 25.3 Å². The Labute approximate surface area is 96.1 Å². The van der Waals surface area contributed by atoms with Crippen LogP contribution in [0.4, 0.5) is 0 Å². The highest BCUT2D eigenvalue weighted by Crippen LogP contribution is 2.33. The van der Waals surface area contributed by atoms with E-state index in [1.807, 2.05) is 0 Å². The van der Waals surface area contributed by atoms with Crippen LogP contribution in [-0.2, 0) is 14.4 Å². The van der Waals surface area contributed by atoms with Crippen molar-refractivity contribution >= 4 is 43.2 Å². The summed E-state index contributed by atoms with van der Waals surface area (Å²) >= 11 is 7.22. The zero-order valence-electron chi connectivity index (χ0n) is 7.45. The van der Waals surface area contributed by atoms with Gasteiger partial charge in [0.1, 0.15) is 0 Å². The molecule has 1 atom stereocenters. The molecule has 0 amide bonds. The molecular weight excluding hydrogens is 244 g/mol. The third kappa shape index (κ3) is 4.00. The van der Waals surface area contributed by atoms with E-state index in [-0.39, 0.29) is 6.42 Å². The lowest BCUT2D eigenvalue weighted by atomic mass is 9.98. The van der Waals surface area contributed by atoms with Crippen molar-refractivity contribution in [3.63, 3.8) is 0 Å². The summed E-state index contributed by atoms with van der Waals surface area (Å²) in [6.07, 6.45) is -0.795. The normalized spacial score (nSPS) is 13.2. The summed E-state index contributed by atoms with van der Waals surface area (Å²) in [6, 6.07) is 0. The van der Waals surface area contributed by atoms with E-state index in [1.165, 1.54) is 0 Å². The highest BCUT2D eigenvalue weighted by Gasteiger charge is 2.43. The Hall–Kier alpha value is -0.890. The Balaban J connectivity index is 4.74. The van der Waals surface area contributed by atoms with Gasteiger partial charge < -0.3 is 15.3 Å². The second kappa shape index (κ2) is 5.26. The van der Waals surface area contributed by atoms with Crippen LogP contribution in [0.15, 0.2) is 0 Å². The third-order valence-electron chi connectivity index (χ3n) is 1.75. The molecule has 6 nitrogen and oxygen atoms in total. The molecule has 0 fully saturated rings. The molecule has 3 N–H and O–H groups in total. The van der Waals surface area contributed by atoms with E-state index >= 15 is 0 Å². The fourth-order valence-electron chi connectivity index (χ4n) is 0.914. The van der Waals surface area contributed by atoms with Crippen molar-refractivity contribution in [2.24, 2.45) is 5.92 Å². The first-order chi connectivity index (χ1) is 6.69. The van der Waals surface area contributed by atoms with Gasteiger partial charge in [0, 0.05) is 6.42 Å². The Morgan fingerprint density at radius 2 is 1.60 bits per heavy atom. The third-order valence-corrected chi connectivity index (χ3v) is 2.75. The highest BCUT2D eigenvalue weighted by atomic mass is 32.2. The number of hydrogen-bond acceptors (Lipinski definition) is 5. The molecule has 15 heavy (non-hydrogen) atoms. The molecule has 0 aromatic carbocycles. The summed E-state index contributed by atoms with van der Waals surface area (Å²) < 4.78 is -2.08. The molecule has 0 aliphatic carbocycles. The molecule has 0 aliphatic rings. The van der Waals surface area contributed by atoms with Gasteiger partial charge in [0.25, 0.3) is 0 Å². The summed E-state index contributed by atoms with van der Waals surface area (Å²) in [6.45, 7) is 0. The van der Waals surface area contributed by atoms with Gasteiger partial charge in [0.15, 0.2) is 4.08 Å². The van der Waals surface area contributed by atoms with E-state index in [9.17, 15) is 14.4 Å². The minimum absolute atomic E-state index is 0.343. The van der Waals surface area contributed by atoms with Crippen LogP contribution in [-0.4, -0.2) is 37.3 Å². The molecule has 86 valence electrons. The first-order valence-corrected chi connectivity index (χ1v) is 4.71. The van der Waals surface area contributed by atoms with Crippen LogP contribution < -0.4 is 0 Å². The van der Waals surface area contributed by atoms with E-state index in [0.717, 1.165) is 0 Å². The number of thiol groups is 2. The maximum atomic E-state index is 10.7. The summed E-state index contributed by atoms with van der Waals surface area (Å²) in [4.78, 5) is 31.6. The van der Waals surface area contributed by atoms with Crippen molar-refractivity contribution in [3.05, 3.63) is 0 Å². The largest absolute Gasteiger partial charge is 0.481 e. The molecule has 1 unspecified atom stereocenters. The molecule has 8 heteroatoms. The molecule has 0 spiro atoms. The van der Waals surface area contributed by atoms with E-state index in [2.05, 4.69) is 25.3 Å². The van der Waals surface area contributed by atoms with Crippen LogP contribution in [0.2, 0.25) is 0 Å². The quantitative estimate of drug-likeness (QED) is 0.342. The minimum Gasteiger partial charge on any atom is -0.481 e. The van der Waals surface area contributed by atoms with Crippen molar-refractivity contribution < 1.29 is 29.7 Å². The summed E-state index contributed by atoms with van der Waals surface area (Å²) in [5.74, 6) is -5.64. The lowest BCUT2D eigenvalue weighted by Gasteiger charge is -2.24. The van der Waals surface area contributed by atoms with Gasteiger partial charge >= 0.3 is 17.9 Å². The fourth-order valence-corrected chi connectivity index (χ4v) is 1.39. The SMILES string of the molecule is O=C(O)CCC(C(=O)O)C(S)(S)C(=O)O. The van der Waals surface area contributed by atoms with Crippen LogP contribution in [0.25, 0.3) is 0 Å². The van der Waals surface area contributed by atoms with E-state index in [4.69, 9.17) is 15.3 Å². The summed E-state index contributed by atoms with van der Waals surface area (Å²) in [5, 5.41) is 25.7. The number of carboxylic acid groups (broad SMARTS) is 3. The van der Waals surface area contributed by atoms with Crippen molar-refractivity contribution in [2.75, 3.05) is 0 Å². The Morgan fingerprint density at radius 3 is 1.87 bits per heavy atom. The van der Waals surface area contributed by atoms with Crippen molar-refractivity contribution in [1.82, 2.24) is 0 Å². The van der Waals surface area contributed by atoms with Crippen LogP contribution in [0.3, 0.4) is 0 Å². The van der Waals surface area contributed by atoms with Crippen LogP contribution >= 0.6 is 25.3 Å². The number of aliphatic carboxylic acids is 3. The predicted octanol–water partition coefficient (Wildman–Crippen LogP) is 0.192. The monoisotopic (exact) mass is 254 g/mol. The maximum Gasteiger partial charge on any atom is 0.330 e. The van der Waals surface area contributed by atoms with Gasteiger partial charge in [-0.1, -0.05) is 0 Å². The number of carboxylic acids is 3. The van der Waals surface area contributed by atoms with Crippen LogP contribution in [0, 0.1) is 5.92 Å². The topological polar surface area (TPSA) is 112 Å². The van der Waals surface area contributed by atoms with Crippen molar-refractivity contribution in [3.8, 4) is 0 Å². The average molecular weight is 254 g/mol. The molecule has 0 saturated carbocycles. The van der Waals surface area contributed by atoms with Gasteiger partial charge in [-0.25, -0.2) is 4.79 Å². The predicted molar refractivity (Wildman–Crippen MR) is 56.3 cm³/mol. The van der Waals surface area contributed by atoms with Crippen molar-refractivity contribution in [1.29, 1.82) is 0 Å². The zero-order chi connectivity index (χ0) is 12.2. The van der Waals surface area contributed by atoms with Crippen LogP contribution in [0.5, 0.6) is 0 Å². The molecule has 0 rings (SSSR count). The van der Waals surface area contributed by atoms with Gasteiger partial charge in [-0.3, -0.25) is 9.59 Å². The Morgan fingerprint density at radius 1 is 1.13 bits per heavy atom. The molecule has 0 bridgehead atoms. The van der Waals surface area contributed by atoms with Gasteiger partial charge in [-0.05, 0) is 6.42 Å². The summed E-state index contributed by atoms with van der Waals surface area (Å²) in [7, 11) is 0. The van der Waals surface area contributed by atoms with Crippen molar-refractivity contribution in [2.45, 2.75) is 16.9 Å². The second-order valence-electron chi connectivity index (χ2n) is 2.85. The van der Waals surface area contributed by atoms with Gasteiger partial charge in [-0.2, -0.15) is 0 Å². The molecule has 0 aromatic rings. The van der Waals surface area contributed by atoms with Gasteiger partial charge in [0.05, 0.1) is 5.92 Å². The first-order valence-electron chi connectivity index (χ1n) is 3.82. The molecule has 0 aromatic heterocycles. The van der Waals surface area contributed by atoms with E-state index in [1.54, 1.807) is 0 Å².